The van der Waals surface area contributed by atoms with Crippen molar-refractivity contribution in [3.8, 4) is 0 Å². The zero-order valence-electron chi connectivity index (χ0n) is 7.71. The van der Waals surface area contributed by atoms with E-state index in [0.29, 0.717) is 0 Å². The minimum atomic E-state index is -2.97. The quantitative estimate of drug-likeness (QED) is 0.734. The van der Waals surface area contributed by atoms with Gasteiger partial charge < -0.3 is 5.73 Å². The largest absolute Gasteiger partial charge is 0.368 e. The number of anilines is 1. The van der Waals surface area contributed by atoms with Crippen LogP contribution in [0.5, 0.6) is 0 Å². The van der Waals surface area contributed by atoms with E-state index in [1.165, 1.54) is 6.92 Å². The molecule has 0 aliphatic rings. The molecule has 1 rings (SSSR count). The zero-order chi connectivity index (χ0) is 10.9. The van der Waals surface area contributed by atoms with Gasteiger partial charge >= 0.3 is 5.69 Å². The van der Waals surface area contributed by atoms with Crippen molar-refractivity contribution in [2.75, 3.05) is 5.73 Å². The second-order valence-electron chi connectivity index (χ2n) is 3.08. The lowest BCUT2D eigenvalue weighted by atomic mass is 10.1. The van der Waals surface area contributed by atoms with Crippen molar-refractivity contribution < 1.29 is 8.78 Å². The van der Waals surface area contributed by atoms with Crippen LogP contribution in [0, 0.1) is 0 Å². The summed E-state index contributed by atoms with van der Waals surface area (Å²) in [6.45, 7) is 1.99. The minimum Gasteiger partial charge on any atom is -0.368 e. The van der Waals surface area contributed by atoms with Crippen molar-refractivity contribution in [2.24, 2.45) is 0 Å². The van der Waals surface area contributed by atoms with Gasteiger partial charge in [0.15, 0.2) is 0 Å². The molecule has 0 saturated carbocycles. The lowest BCUT2D eigenvalue weighted by Gasteiger charge is -2.17. The zero-order valence-corrected chi connectivity index (χ0v) is 7.71. The number of H-pyrrole nitrogens is 1. The minimum absolute atomic E-state index is 0.157. The van der Waals surface area contributed by atoms with E-state index in [4.69, 9.17) is 5.73 Å². The topological polar surface area (TPSA) is 84.7 Å². The maximum Gasteiger partial charge on any atom is 0.349 e. The van der Waals surface area contributed by atoms with Gasteiger partial charge in [0.05, 0.1) is 5.92 Å². The number of alkyl halides is 2. The summed E-state index contributed by atoms with van der Waals surface area (Å²) >= 11 is 0. The third-order valence-electron chi connectivity index (χ3n) is 1.86. The monoisotopic (exact) mass is 204 g/mol. The molecule has 0 amide bonds. The molecular weight excluding hydrogens is 194 g/mol. The summed E-state index contributed by atoms with van der Waals surface area (Å²) in [6.07, 6.45) is 0. The van der Waals surface area contributed by atoms with E-state index < -0.39 is 17.5 Å². The molecule has 0 fully saturated rings. The number of halogens is 2. The van der Waals surface area contributed by atoms with Crippen LogP contribution in [0.1, 0.15) is 25.6 Å². The fraction of sp³-hybridized carbons (Fsp3) is 0.571. The number of rotatable bonds is 2. The van der Waals surface area contributed by atoms with Gasteiger partial charge in [-0.15, -0.1) is 0 Å². The number of nitrogens with two attached hydrogens (primary N) is 1. The third kappa shape index (κ3) is 2.24. The van der Waals surface area contributed by atoms with E-state index in [1.54, 1.807) is 0 Å². The highest BCUT2D eigenvalue weighted by Gasteiger charge is 2.33. The van der Waals surface area contributed by atoms with Gasteiger partial charge in [-0.25, -0.2) is 13.6 Å². The summed E-state index contributed by atoms with van der Waals surface area (Å²) in [7, 11) is 0. The molecule has 0 spiro atoms. The molecule has 1 aromatic heterocycles. The van der Waals surface area contributed by atoms with E-state index in [1.807, 2.05) is 0 Å². The van der Waals surface area contributed by atoms with Crippen LogP contribution in [0.3, 0.4) is 0 Å². The maximum atomic E-state index is 12.8. The molecule has 7 heteroatoms. The number of nitrogens with zero attached hydrogens (tertiary/aromatic N) is 2. The Bertz CT molecular complexity index is 384. The first-order chi connectivity index (χ1) is 6.30. The van der Waals surface area contributed by atoms with Crippen LogP contribution in [0.2, 0.25) is 0 Å². The van der Waals surface area contributed by atoms with Crippen LogP contribution < -0.4 is 11.4 Å². The van der Waals surface area contributed by atoms with Gasteiger partial charge in [0.25, 0.3) is 5.92 Å². The molecule has 5 nitrogen and oxygen atoms in total. The predicted molar refractivity (Wildman–Crippen MR) is 46.1 cm³/mol. The van der Waals surface area contributed by atoms with Gasteiger partial charge in [-0.05, 0) is 6.92 Å². The van der Waals surface area contributed by atoms with E-state index in [9.17, 15) is 13.6 Å². The second-order valence-corrected chi connectivity index (χ2v) is 3.08. The molecule has 0 aliphatic heterocycles. The standard InChI is InChI=1S/C7H10F2N4O/c1-3(7(2,8)9)4-11-5(10)13-6(14)12-4/h3H,1-2H3,(H3,10,11,12,13,14). The van der Waals surface area contributed by atoms with Crippen molar-refractivity contribution in [2.45, 2.75) is 25.7 Å². The highest BCUT2D eigenvalue weighted by atomic mass is 19.3. The lowest BCUT2D eigenvalue weighted by molar-refractivity contribution is -0.00485. The van der Waals surface area contributed by atoms with Gasteiger partial charge in [-0.3, -0.25) is 4.98 Å². The van der Waals surface area contributed by atoms with Crippen LogP contribution >= 0.6 is 0 Å². The van der Waals surface area contributed by atoms with Crippen molar-refractivity contribution in [1.82, 2.24) is 15.0 Å². The highest BCUT2D eigenvalue weighted by molar-refractivity contribution is 5.15. The number of aromatic nitrogens is 3. The molecule has 1 unspecified atom stereocenters. The van der Waals surface area contributed by atoms with Crippen molar-refractivity contribution in [1.29, 1.82) is 0 Å². The summed E-state index contributed by atoms with van der Waals surface area (Å²) in [6, 6.07) is 0. The first-order valence-electron chi connectivity index (χ1n) is 3.92. The smallest absolute Gasteiger partial charge is 0.349 e. The molecule has 14 heavy (non-hydrogen) atoms. The fourth-order valence-corrected chi connectivity index (χ4v) is 0.863. The highest BCUT2D eigenvalue weighted by Crippen LogP contribution is 2.29. The Balaban J connectivity index is 3.14. The Morgan fingerprint density at radius 3 is 2.50 bits per heavy atom. The average molecular weight is 204 g/mol. The van der Waals surface area contributed by atoms with E-state index in [-0.39, 0.29) is 11.8 Å². The summed E-state index contributed by atoms with van der Waals surface area (Å²) in [4.78, 5) is 19.7. The molecule has 0 saturated heterocycles. The molecule has 0 radical (unpaired) electrons. The SMILES string of the molecule is CC(c1nc(N)nc(=O)[nH]1)C(C)(F)F. The normalized spacial score (nSPS) is 14.0. The first-order valence-corrected chi connectivity index (χ1v) is 3.92. The molecular formula is C7H10F2N4O. The van der Waals surface area contributed by atoms with Gasteiger partial charge in [0.2, 0.25) is 5.95 Å². The Hall–Kier alpha value is -1.53. The maximum absolute atomic E-state index is 12.8. The Morgan fingerprint density at radius 2 is 2.07 bits per heavy atom. The summed E-state index contributed by atoms with van der Waals surface area (Å²) < 4.78 is 25.7. The number of hydrogen-bond donors (Lipinski definition) is 2. The van der Waals surface area contributed by atoms with Gasteiger partial charge in [-0.1, -0.05) is 0 Å². The molecule has 1 atom stereocenters. The van der Waals surface area contributed by atoms with Crippen LogP contribution in [0.25, 0.3) is 0 Å². The first kappa shape index (κ1) is 10.6. The van der Waals surface area contributed by atoms with Crippen LogP contribution in [0.15, 0.2) is 4.79 Å². The van der Waals surface area contributed by atoms with E-state index >= 15 is 0 Å². The summed E-state index contributed by atoms with van der Waals surface area (Å²) in [5, 5.41) is 0. The molecule has 3 N–H and O–H groups in total. The number of hydrogen-bond acceptors (Lipinski definition) is 4. The molecule has 78 valence electrons. The number of nitrogens with one attached hydrogen (secondary N) is 1. The van der Waals surface area contributed by atoms with Gasteiger partial charge in [0.1, 0.15) is 5.82 Å². The van der Waals surface area contributed by atoms with Gasteiger partial charge in [0, 0.05) is 6.92 Å². The van der Waals surface area contributed by atoms with E-state index in [0.717, 1.165) is 6.92 Å². The molecule has 0 aliphatic carbocycles. The van der Waals surface area contributed by atoms with Crippen LogP contribution in [0.4, 0.5) is 14.7 Å². The van der Waals surface area contributed by atoms with E-state index in [2.05, 4.69) is 15.0 Å². The Kier molecular flexibility index (Phi) is 2.50. The number of aromatic amines is 1. The van der Waals surface area contributed by atoms with Crippen LogP contribution in [-0.4, -0.2) is 20.9 Å². The van der Waals surface area contributed by atoms with Crippen molar-refractivity contribution in [3.05, 3.63) is 16.3 Å². The van der Waals surface area contributed by atoms with Crippen molar-refractivity contribution in [3.63, 3.8) is 0 Å². The molecule has 0 aromatic carbocycles. The second kappa shape index (κ2) is 3.32. The Morgan fingerprint density at radius 1 is 1.50 bits per heavy atom. The molecule has 1 heterocycles. The third-order valence-corrected chi connectivity index (χ3v) is 1.86. The predicted octanol–water partition coefficient (Wildman–Crippen LogP) is 0.506. The molecule has 1 aromatic rings. The van der Waals surface area contributed by atoms with Crippen LogP contribution in [-0.2, 0) is 0 Å². The molecule has 0 bridgehead atoms. The lowest BCUT2D eigenvalue weighted by Crippen LogP contribution is -2.26. The summed E-state index contributed by atoms with van der Waals surface area (Å²) in [5.41, 5.74) is 4.38. The van der Waals surface area contributed by atoms with Gasteiger partial charge in [-0.2, -0.15) is 9.97 Å². The number of nitrogen functional groups attached to an aromatic ring is 1. The summed E-state index contributed by atoms with van der Waals surface area (Å²) in [5.74, 6) is -4.64. The van der Waals surface area contributed by atoms with Crippen molar-refractivity contribution >= 4 is 5.95 Å². The fourth-order valence-electron chi connectivity index (χ4n) is 0.863. The average Bonchev–Trinajstić information content (AvgIpc) is 1.99. The Labute approximate surface area is 78.4 Å².